The molecule has 1 saturated heterocycles. The Labute approximate surface area is 135 Å². The molecule has 23 heavy (non-hydrogen) atoms. The second-order valence-electron chi connectivity index (χ2n) is 6.36. The van der Waals surface area contributed by atoms with Gasteiger partial charge in [0, 0.05) is 32.1 Å². The van der Waals surface area contributed by atoms with Crippen molar-refractivity contribution < 1.29 is 14.0 Å². The first-order chi connectivity index (χ1) is 11.1. The average molecular weight is 319 g/mol. The Morgan fingerprint density at radius 3 is 2.83 bits per heavy atom. The maximum absolute atomic E-state index is 13.8. The number of carbonyl (C=O) groups is 2. The van der Waals surface area contributed by atoms with Crippen molar-refractivity contribution in [1.29, 1.82) is 0 Å². The van der Waals surface area contributed by atoms with E-state index in [0.29, 0.717) is 12.6 Å². The minimum atomic E-state index is -0.437. The van der Waals surface area contributed by atoms with Crippen molar-refractivity contribution in [3.63, 3.8) is 0 Å². The highest BCUT2D eigenvalue weighted by Crippen LogP contribution is 2.27. The van der Waals surface area contributed by atoms with E-state index in [0.717, 1.165) is 6.54 Å². The van der Waals surface area contributed by atoms with Crippen molar-refractivity contribution in [1.82, 2.24) is 10.2 Å². The smallest absolute Gasteiger partial charge is 0.227 e. The summed E-state index contributed by atoms with van der Waals surface area (Å²) in [5.41, 5.74) is 0.251. The first kappa shape index (κ1) is 15.9. The maximum atomic E-state index is 13.8. The molecule has 0 aromatic heterocycles. The summed E-state index contributed by atoms with van der Waals surface area (Å²) in [6.45, 7) is 1.63. The van der Waals surface area contributed by atoms with E-state index >= 15 is 0 Å². The molecule has 0 radical (unpaired) electrons. The van der Waals surface area contributed by atoms with Gasteiger partial charge in [-0.1, -0.05) is 12.1 Å². The minimum absolute atomic E-state index is 0.124. The molecule has 2 fully saturated rings. The van der Waals surface area contributed by atoms with Gasteiger partial charge in [0.15, 0.2) is 0 Å². The van der Waals surface area contributed by atoms with Gasteiger partial charge in [0.05, 0.1) is 11.6 Å². The highest BCUT2D eigenvalue weighted by molar-refractivity contribution is 6.00. The number of rotatable bonds is 6. The Bertz CT molecular complexity index is 603. The monoisotopic (exact) mass is 319 g/mol. The second kappa shape index (κ2) is 6.66. The highest BCUT2D eigenvalue weighted by Gasteiger charge is 2.36. The fourth-order valence-electron chi connectivity index (χ4n) is 2.98. The first-order valence-corrected chi connectivity index (χ1v) is 8.09. The SMILES string of the molecule is CN(CCNC(=O)[C@H]1CC(=O)N(c2ccccc2F)C1)C1CC1. The highest BCUT2D eigenvalue weighted by atomic mass is 19.1. The number of amides is 2. The van der Waals surface area contributed by atoms with Gasteiger partial charge in [-0.2, -0.15) is 0 Å². The second-order valence-corrected chi connectivity index (χ2v) is 6.36. The summed E-state index contributed by atoms with van der Waals surface area (Å²) in [4.78, 5) is 27.9. The molecule has 5 nitrogen and oxygen atoms in total. The van der Waals surface area contributed by atoms with E-state index in [1.807, 2.05) is 0 Å². The molecule has 2 amide bonds. The number of likely N-dealkylation sites (N-methyl/N-ethyl adjacent to an activating group) is 1. The Kier molecular flexibility index (Phi) is 4.61. The molecule has 6 heteroatoms. The van der Waals surface area contributed by atoms with Crippen molar-refractivity contribution >= 4 is 17.5 Å². The normalized spacial score (nSPS) is 21.1. The van der Waals surface area contributed by atoms with Crippen LogP contribution in [0.2, 0.25) is 0 Å². The third-order valence-corrected chi connectivity index (χ3v) is 4.57. The molecule has 1 aromatic rings. The number of nitrogens with zero attached hydrogens (tertiary/aromatic N) is 2. The lowest BCUT2D eigenvalue weighted by Gasteiger charge is -2.18. The molecular weight excluding hydrogens is 297 g/mol. The van der Waals surface area contributed by atoms with E-state index in [2.05, 4.69) is 17.3 Å². The summed E-state index contributed by atoms with van der Waals surface area (Å²) in [6, 6.07) is 6.82. The van der Waals surface area contributed by atoms with E-state index in [1.54, 1.807) is 18.2 Å². The Morgan fingerprint density at radius 2 is 2.13 bits per heavy atom. The van der Waals surface area contributed by atoms with Crippen LogP contribution in [-0.2, 0) is 9.59 Å². The van der Waals surface area contributed by atoms with Crippen LogP contribution < -0.4 is 10.2 Å². The number of para-hydroxylation sites is 1. The fraction of sp³-hybridized carbons (Fsp3) is 0.529. The third kappa shape index (κ3) is 3.69. The molecule has 1 aliphatic heterocycles. The van der Waals surface area contributed by atoms with Crippen LogP contribution in [0.15, 0.2) is 24.3 Å². The number of halogens is 1. The van der Waals surface area contributed by atoms with Crippen LogP contribution in [0.3, 0.4) is 0 Å². The van der Waals surface area contributed by atoms with Crippen molar-refractivity contribution in [2.45, 2.75) is 25.3 Å². The molecule has 124 valence electrons. The van der Waals surface area contributed by atoms with Gasteiger partial charge in [-0.15, -0.1) is 0 Å². The van der Waals surface area contributed by atoms with Crippen LogP contribution in [0, 0.1) is 11.7 Å². The molecule has 1 aromatic carbocycles. The number of hydrogen-bond donors (Lipinski definition) is 1. The van der Waals surface area contributed by atoms with E-state index in [4.69, 9.17) is 0 Å². The topological polar surface area (TPSA) is 52.7 Å². The average Bonchev–Trinajstić information content (AvgIpc) is 3.31. The van der Waals surface area contributed by atoms with Gasteiger partial charge in [-0.25, -0.2) is 4.39 Å². The van der Waals surface area contributed by atoms with Crippen molar-refractivity contribution in [2.24, 2.45) is 5.92 Å². The maximum Gasteiger partial charge on any atom is 0.227 e. The van der Waals surface area contributed by atoms with Gasteiger partial charge in [0.25, 0.3) is 0 Å². The van der Waals surface area contributed by atoms with Crippen molar-refractivity contribution in [3.05, 3.63) is 30.1 Å². The molecule has 0 unspecified atom stereocenters. The quantitative estimate of drug-likeness (QED) is 0.862. The molecule has 1 heterocycles. The van der Waals surface area contributed by atoms with E-state index in [-0.39, 0.29) is 30.5 Å². The number of benzene rings is 1. The first-order valence-electron chi connectivity index (χ1n) is 8.09. The number of nitrogens with one attached hydrogen (secondary N) is 1. The summed E-state index contributed by atoms with van der Waals surface area (Å²) in [6.07, 6.45) is 2.61. The van der Waals surface area contributed by atoms with E-state index < -0.39 is 11.7 Å². The van der Waals surface area contributed by atoms with Gasteiger partial charge in [-0.3, -0.25) is 9.59 Å². The van der Waals surface area contributed by atoms with Gasteiger partial charge in [0.1, 0.15) is 5.82 Å². The van der Waals surface area contributed by atoms with Crippen LogP contribution in [0.1, 0.15) is 19.3 Å². The van der Waals surface area contributed by atoms with Crippen molar-refractivity contribution in [2.75, 3.05) is 31.6 Å². The largest absolute Gasteiger partial charge is 0.355 e. The Balaban J connectivity index is 1.52. The summed E-state index contributed by atoms with van der Waals surface area (Å²) in [5, 5.41) is 2.89. The van der Waals surface area contributed by atoms with Gasteiger partial charge < -0.3 is 15.1 Å². The van der Waals surface area contributed by atoms with Crippen LogP contribution in [0.5, 0.6) is 0 Å². The molecule has 1 N–H and O–H groups in total. The van der Waals surface area contributed by atoms with Crippen molar-refractivity contribution in [3.8, 4) is 0 Å². The molecule has 2 aliphatic rings. The van der Waals surface area contributed by atoms with E-state index in [9.17, 15) is 14.0 Å². The fourth-order valence-corrected chi connectivity index (χ4v) is 2.98. The summed E-state index contributed by atoms with van der Waals surface area (Å²) in [7, 11) is 2.06. The zero-order valence-corrected chi connectivity index (χ0v) is 13.3. The Hall–Kier alpha value is -1.95. The zero-order valence-electron chi connectivity index (χ0n) is 13.3. The lowest BCUT2D eigenvalue weighted by molar-refractivity contribution is -0.126. The molecule has 1 aliphatic carbocycles. The van der Waals surface area contributed by atoms with Gasteiger partial charge in [0.2, 0.25) is 11.8 Å². The minimum Gasteiger partial charge on any atom is -0.355 e. The van der Waals surface area contributed by atoms with Gasteiger partial charge in [-0.05, 0) is 32.0 Å². The summed E-state index contributed by atoms with van der Waals surface area (Å²) < 4.78 is 13.8. The molecule has 0 spiro atoms. The predicted octanol–water partition coefficient (Wildman–Crippen LogP) is 1.39. The standard InChI is InChI=1S/C17H22FN3O2/c1-20(13-6-7-13)9-8-19-17(23)12-10-16(22)21(11-12)15-5-3-2-4-14(15)18/h2-5,12-13H,6-11H2,1H3,(H,19,23)/t12-/m0/s1. The van der Waals surface area contributed by atoms with Crippen LogP contribution in [0.25, 0.3) is 0 Å². The van der Waals surface area contributed by atoms with Crippen LogP contribution in [-0.4, -0.2) is 49.4 Å². The molecule has 0 bridgehead atoms. The molecule has 1 saturated carbocycles. The molecule has 1 atom stereocenters. The zero-order chi connectivity index (χ0) is 16.4. The number of carbonyl (C=O) groups excluding carboxylic acids is 2. The van der Waals surface area contributed by atoms with Crippen LogP contribution in [0.4, 0.5) is 10.1 Å². The van der Waals surface area contributed by atoms with Crippen LogP contribution >= 0.6 is 0 Å². The third-order valence-electron chi connectivity index (χ3n) is 4.57. The predicted molar refractivity (Wildman–Crippen MR) is 85.5 cm³/mol. The lowest BCUT2D eigenvalue weighted by Crippen LogP contribution is -2.38. The number of hydrogen-bond acceptors (Lipinski definition) is 3. The summed E-state index contributed by atoms with van der Waals surface area (Å²) in [5.74, 6) is -1.17. The van der Waals surface area contributed by atoms with E-state index in [1.165, 1.54) is 23.8 Å². The molecule has 3 rings (SSSR count). The number of anilines is 1. The summed E-state index contributed by atoms with van der Waals surface area (Å²) >= 11 is 0. The Morgan fingerprint density at radius 1 is 1.39 bits per heavy atom. The van der Waals surface area contributed by atoms with Gasteiger partial charge >= 0.3 is 0 Å². The molecular formula is C17H22FN3O2. The lowest BCUT2D eigenvalue weighted by atomic mass is 10.1.